The molecule has 0 aliphatic rings. The van der Waals surface area contributed by atoms with Crippen LogP contribution in [0.15, 0.2) is 42.2 Å². The Kier molecular flexibility index (Phi) is 6.37. The Morgan fingerprint density at radius 2 is 2.06 bits per heavy atom. The van der Waals surface area contributed by atoms with E-state index in [9.17, 15) is 9.59 Å². The molecule has 0 saturated heterocycles. The van der Waals surface area contributed by atoms with E-state index in [4.69, 9.17) is 5.73 Å². The molecule has 0 saturated carbocycles. The number of hydrogen-bond donors (Lipinski definition) is 4. The smallest absolute Gasteiger partial charge is 0.254 e. The van der Waals surface area contributed by atoms with E-state index in [1.807, 2.05) is 18.2 Å². The molecule has 3 heterocycles. The zero-order valence-electron chi connectivity index (χ0n) is 16.8. The number of unbranched alkanes of at least 4 members (excludes halogenated alkanes) is 2. The third kappa shape index (κ3) is 5.15. The summed E-state index contributed by atoms with van der Waals surface area (Å²) in [6.07, 6.45) is 8.58. The molecule has 0 fully saturated rings. The number of benzene rings is 1. The molecule has 0 spiro atoms. The summed E-state index contributed by atoms with van der Waals surface area (Å²) in [6, 6.07) is 5.71. The number of imidazole rings is 1. The molecule has 1 aromatic carbocycles. The molecule has 0 radical (unpaired) electrons. The van der Waals surface area contributed by atoms with Crippen LogP contribution in [0, 0.1) is 0 Å². The molecule has 1 atom stereocenters. The number of amides is 2. The fraction of sp³-hybridized carbons (Fsp3) is 0.286. The molecule has 10 heteroatoms. The number of primary amides is 1. The second-order valence-corrected chi connectivity index (χ2v) is 8.02. The lowest BCUT2D eigenvalue weighted by molar-refractivity contribution is -0.118. The van der Waals surface area contributed by atoms with Crippen LogP contribution < -0.4 is 11.1 Å². The van der Waals surface area contributed by atoms with E-state index < -0.39 is 0 Å². The third-order valence-electron chi connectivity index (χ3n) is 5.09. The third-order valence-corrected chi connectivity index (χ3v) is 5.68. The van der Waals surface area contributed by atoms with Crippen molar-refractivity contribution in [1.29, 1.82) is 0 Å². The number of H-pyrrole nitrogens is 2. The molecule has 5 N–H and O–H groups in total. The maximum absolute atomic E-state index is 12.6. The summed E-state index contributed by atoms with van der Waals surface area (Å²) in [5, 5.41) is 12.8. The lowest BCUT2D eigenvalue weighted by Crippen LogP contribution is -2.29. The highest BCUT2D eigenvalue weighted by Crippen LogP contribution is 2.25. The second kappa shape index (κ2) is 9.52. The molecular weight excluding hydrogens is 414 g/mol. The molecule has 0 unspecified atom stereocenters. The van der Waals surface area contributed by atoms with Gasteiger partial charge in [-0.1, -0.05) is 18.9 Å². The second-order valence-electron chi connectivity index (χ2n) is 7.36. The van der Waals surface area contributed by atoms with Gasteiger partial charge in [0, 0.05) is 22.8 Å². The van der Waals surface area contributed by atoms with Crippen LogP contribution in [-0.2, 0) is 4.79 Å². The van der Waals surface area contributed by atoms with Crippen molar-refractivity contribution in [2.75, 3.05) is 0 Å². The zero-order valence-corrected chi connectivity index (χ0v) is 17.6. The van der Waals surface area contributed by atoms with Gasteiger partial charge in [0.1, 0.15) is 5.82 Å². The highest BCUT2D eigenvalue weighted by molar-refractivity contribution is 7.03. The topological polar surface area (TPSA) is 142 Å². The zero-order chi connectivity index (χ0) is 21.6. The number of fused-ring (bicyclic) bond motifs is 1. The maximum atomic E-state index is 12.6. The SMILES string of the molecule is NC(=O)CCCCC[C@H](NC(=O)c1cnsc1)c1ncc(-c2ccc3[nH]ncc3c2)[nH]1. The Morgan fingerprint density at radius 1 is 1.16 bits per heavy atom. The Hall–Kier alpha value is -3.53. The number of carbonyl (C=O) groups is 2. The van der Waals surface area contributed by atoms with E-state index in [1.165, 1.54) is 11.5 Å². The normalized spacial score (nSPS) is 12.1. The average molecular weight is 438 g/mol. The van der Waals surface area contributed by atoms with E-state index in [2.05, 4.69) is 29.9 Å². The fourth-order valence-corrected chi connectivity index (χ4v) is 3.95. The molecule has 3 aromatic heterocycles. The van der Waals surface area contributed by atoms with Crippen LogP contribution in [0.1, 0.15) is 54.3 Å². The Balaban J connectivity index is 1.49. The molecule has 9 nitrogen and oxygen atoms in total. The van der Waals surface area contributed by atoms with Gasteiger partial charge in [-0.15, -0.1) is 0 Å². The van der Waals surface area contributed by atoms with Crippen molar-refractivity contribution in [1.82, 2.24) is 29.9 Å². The van der Waals surface area contributed by atoms with E-state index in [-0.39, 0.29) is 17.9 Å². The van der Waals surface area contributed by atoms with Crippen LogP contribution in [0.4, 0.5) is 0 Å². The summed E-state index contributed by atoms with van der Waals surface area (Å²) in [7, 11) is 0. The van der Waals surface area contributed by atoms with Gasteiger partial charge in [0.05, 0.1) is 41.4 Å². The fourth-order valence-electron chi connectivity index (χ4n) is 3.43. The van der Waals surface area contributed by atoms with Crippen molar-refractivity contribution in [2.45, 2.75) is 38.1 Å². The minimum absolute atomic E-state index is 0.186. The first-order chi connectivity index (χ1) is 15.1. The van der Waals surface area contributed by atoms with E-state index >= 15 is 0 Å². The van der Waals surface area contributed by atoms with Crippen LogP contribution >= 0.6 is 11.5 Å². The molecule has 0 aliphatic carbocycles. The van der Waals surface area contributed by atoms with Crippen LogP contribution in [0.5, 0.6) is 0 Å². The molecule has 160 valence electrons. The van der Waals surface area contributed by atoms with Crippen molar-refractivity contribution < 1.29 is 9.59 Å². The Bertz CT molecular complexity index is 1170. The highest BCUT2D eigenvalue weighted by Gasteiger charge is 2.19. The molecular formula is C21H23N7O2S. The molecule has 4 rings (SSSR count). The van der Waals surface area contributed by atoms with Gasteiger partial charge >= 0.3 is 0 Å². The minimum atomic E-state index is -0.292. The number of nitrogens with two attached hydrogens (primary N) is 1. The summed E-state index contributed by atoms with van der Waals surface area (Å²) in [5.74, 6) is 0.211. The lowest BCUT2D eigenvalue weighted by atomic mass is 10.1. The summed E-state index contributed by atoms with van der Waals surface area (Å²) >= 11 is 1.24. The predicted molar refractivity (Wildman–Crippen MR) is 118 cm³/mol. The molecule has 2 amide bonds. The predicted octanol–water partition coefficient (Wildman–Crippen LogP) is 3.32. The molecule has 4 aromatic rings. The van der Waals surface area contributed by atoms with Crippen LogP contribution in [0.25, 0.3) is 22.2 Å². The van der Waals surface area contributed by atoms with Crippen LogP contribution in [0.3, 0.4) is 0 Å². The first-order valence-electron chi connectivity index (χ1n) is 10.1. The highest BCUT2D eigenvalue weighted by atomic mass is 32.1. The van der Waals surface area contributed by atoms with Gasteiger partial charge in [0.2, 0.25) is 5.91 Å². The van der Waals surface area contributed by atoms with Gasteiger partial charge in [-0.3, -0.25) is 14.7 Å². The van der Waals surface area contributed by atoms with Crippen LogP contribution in [-0.4, -0.2) is 36.4 Å². The van der Waals surface area contributed by atoms with Crippen LogP contribution in [0.2, 0.25) is 0 Å². The minimum Gasteiger partial charge on any atom is -0.370 e. The number of aromatic amines is 2. The van der Waals surface area contributed by atoms with Gasteiger partial charge in [0.15, 0.2) is 0 Å². The van der Waals surface area contributed by atoms with Gasteiger partial charge in [0.25, 0.3) is 5.91 Å². The first-order valence-corrected chi connectivity index (χ1v) is 10.9. The van der Waals surface area contributed by atoms with E-state index in [1.54, 1.807) is 24.0 Å². The summed E-state index contributed by atoms with van der Waals surface area (Å²) < 4.78 is 4.00. The summed E-state index contributed by atoms with van der Waals surface area (Å²) in [5.41, 5.74) is 8.56. The first kappa shape index (κ1) is 20.7. The van der Waals surface area contributed by atoms with E-state index in [0.717, 1.165) is 41.4 Å². The molecule has 0 aliphatic heterocycles. The number of carbonyl (C=O) groups excluding carboxylic acids is 2. The van der Waals surface area contributed by atoms with Crippen molar-refractivity contribution in [3.05, 3.63) is 53.6 Å². The average Bonchev–Trinajstić information content (AvgIpc) is 3.53. The number of nitrogens with zero attached hydrogens (tertiary/aromatic N) is 3. The number of hydrogen-bond acceptors (Lipinski definition) is 6. The largest absolute Gasteiger partial charge is 0.370 e. The van der Waals surface area contributed by atoms with Gasteiger partial charge < -0.3 is 16.0 Å². The van der Waals surface area contributed by atoms with E-state index in [0.29, 0.717) is 24.2 Å². The number of aromatic nitrogens is 5. The van der Waals surface area contributed by atoms with Crippen molar-refractivity contribution in [2.24, 2.45) is 5.73 Å². The Labute approximate surface area is 182 Å². The van der Waals surface area contributed by atoms with Gasteiger partial charge in [-0.25, -0.2) is 9.36 Å². The number of nitrogens with one attached hydrogen (secondary N) is 3. The van der Waals surface area contributed by atoms with Gasteiger partial charge in [-0.05, 0) is 36.5 Å². The summed E-state index contributed by atoms with van der Waals surface area (Å²) in [6.45, 7) is 0. The van der Waals surface area contributed by atoms with Gasteiger partial charge in [-0.2, -0.15) is 5.10 Å². The monoisotopic (exact) mass is 437 g/mol. The molecule has 0 bridgehead atoms. The molecule has 31 heavy (non-hydrogen) atoms. The lowest BCUT2D eigenvalue weighted by Gasteiger charge is -2.16. The van der Waals surface area contributed by atoms with Crippen molar-refractivity contribution in [3.8, 4) is 11.3 Å². The Morgan fingerprint density at radius 3 is 2.87 bits per heavy atom. The van der Waals surface area contributed by atoms with Crippen molar-refractivity contribution in [3.63, 3.8) is 0 Å². The number of rotatable bonds is 10. The quantitative estimate of drug-likeness (QED) is 0.282. The standard InChI is InChI=1S/C21H23N7O2S/c22-19(29)5-3-1-2-4-17(27-21(30)15-10-25-31-12-15)20-23-11-18(26-20)13-6-7-16-14(8-13)9-24-28-16/h6-12,17H,1-5H2,(H2,22,29)(H,23,26)(H,24,28)(H,27,30)/t17-/m0/s1. The maximum Gasteiger partial charge on any atom is 0.254 e. The van der Waals surface area contributed by atoms with Crippen molar-refractivity contribution >= 4 is 34.2 Å². The summed E-state index contributed by atoms with van der Waals surface area (Å²) in [4.78, 5) is 31.4.